The lowest BCUT2D eigenvalue weighted by Gasteiger charge is -2.56. The van der Waals surface area contributed by atoms with Gasteiger partial charge in [-0.25, -0.2) is 0 Å². The van der Waals surface area contributed by atoms with Crippen LogP contribution in [-0.4, -0.2) is 125 Å². The summed E-state index contributed by atoms with van der Waals surface area (Å²) in [7, 11) is 0. The third-order valence-electron chi connectivity index (χ3n) is 4.45. The van der Waals surface area contributed by atoms with Gasteiger partial charge < -0.3 is 60.5 Å². The Kier molecular flexibility index (Phi) is 5.52. The summed E-state index contributed by atoms with van der Waals surface area (Å²) in [5.41, 5.74) is 0. The minimum absolute atomic E-state index is 0.950. The Morgan fingerprint density at radius 2 is 0.875 bits per heavy atom. The minimum Gasteiger partial charge on any atom is -0.394 e. The summed E-state index contributed by atoms with van der Waals surface area (Å²) in [6, 6.07) is 0. The van der Waals surface area contributed by atoms with Crippen LogP contribution in [0.25, 0.3) is 0 Å². The molecule has 2 unspecified atom stereocenters. The average Bonchev–Trinajstić information content (AvgIpc) is 2.57. The first-order valence-electron chi connectivity index (χ1n) is 7.15. The summed E-state index contributed by atoms with van der Waals surface area (Å²) in [6.07, 6.45) is -16.2. The van der Waals surface area contributed by atoms with Gasteiger partial charge in [-0.05, 0) is 0 Å². The van der Waals surface area contributed by atoms with E-state index in [2.05, 4.69) is 0 Å². The van der Waals surface area contributed by atoms with Gasteiger partial charge in [-0.15, -0.1) is 0 Å². The molecule has 2 heterocycles. The van der Waals surface area contributed by atoms with E-state index in [1.807, 2.05) is 0 Å². The molecule has 24 heavy (non-hydrogen) atoms. The molecule has 0 saturated carbocycles. The fourth-order valence-corrected chi connectivity index (χ4v) is 2.90. The van der Waals surface area contributed by atoms with E-state index in [1.165, 1.54) is 0 Å². The summed E-state index contributed by atoms with van der Waals surface area (Å²) in [5, 5.41) is 98.3. The molecule has 2 aliphatic rings. The SMILES string of the molecule is OC[C@H]1OC(O)(C2(O)O[C@H](CO)[C@@H](O)[C@H](O)[C@@H]2O)[C@H](O)[C@H](O)[C@H]1O. The second kappa shape index (κ2) is 6.68. The summed E-state index contributed by atoms with van der Waals surface area (Å²) in [6.45, 7) is -1.90. The third-order valence-corrected chi connectivity index (χ3v) is 4.45. The molecule has 2 fully saturated rings. The molecule has 0 aromatic carbocycles. The Morgan fingerprint density at radius 1 is 0.583 bits per heavy atom. The molecule has 142 valence electrons. The van der Waals surface area contributed by atoms with E-state index in [0.717, 1.165) is 0 Å². The monoisotopic (exact) mass is 358 g/mol. The Labute approximate surface area is 135 Å². The minimum atomic E-state index is -3.33. The zero-order chi connectivity index (χ0) is 18.4. The van der Waals surface area contributed by atoms with Crippen LogP contribution in [0.5, 0.6) is 0 Å². The molecule has 0 spiro atoms. The van der Waals surface area contributed by atoms with Crippen molar-refractivity contribution in [1.82, 2.24) is 0 Å². The van der Waals surface area contributed by atoms with Crippen molar-refractivity contribution in [3.63, 3.8) is 0 Å². The summed E-state index contributed by atoms with van der Waals surface area (Å²) >= 11 is 0. The summed E-state index contributed by atoms with van der Waals surface area (Å²) in [4.78, 5) is 0. The first-order valence-corrected chi connectivity index (χ1v) is 7.15. The Hall–Kier alpha value is -0.480. The van der Waals surface area contributed by atoms with Crippen molar-refractivity contribution in [3.05, 3.63) is 0 Å². The van der Waals surface area contributed by atoms with E-state index in [4.69, 9.17) is 19.7 Å². The lowest BCUT2D eigenvalue weighted by molar-refractivity contribution is -0.490. The molecule has 10 N–H and O–H groups in total. The molecule has 0 radical (unpaired) electrons. The Morgan fingerprint density at radius 3 is 1.12 bits per heavy atom. The number of ether oxygens (including phenoxy) is 2. The van der Waals surface area contributed by atoms with Crippen LogP contribution in [0.4, 0.5) is 0 Å². The van der Waals surface area contributed by atoms with E-state index in [-0.39, 0.29) is 0 Å². The number of hydrogen-bond acceptors (Lipinski definition) is 12. The Balaban J connectivity index is 2.45. The van der Waals surface area contributed by atoms with Gasteiger partial charge in [-0.3, -0.25) is 0 Å². The van der Waals surface area contributed by atoms with Crippen molar-refractivity contribution in [2.75, 3.05) is 13.2 Å². The molecule has 2 saturated heterocycles. The van der Waals surface area contributed by atoms with Crippen LogP contribution in [0.15, 0.2) is 0 Å². The third kappa shape index (κ3) is 2.65. The molecular weight excluding hydrogens is 336 g/mol. The van der Waals surface area contributed by atoms with Gasteiger partial charge in [0.2, 0.25) is 0 Å². The Bertz CT molecular complexity index is 406. The standard InChI is InChI=1S/C12H22O12/c13-1-3-5(15)7(17)9(19)11(21,23-3)12(22)10(20)8(18)6(16)4(2-14)24-12/h3-10,13-22H,1-2H2/t3-,4-,5-,6+,7+,8-,9+,10-,11?,12?/m1/s1. The first-order chi connectivity index (χ1) is 11.0. The number of aliphatic hydroxyl groups is 10. The van der Waals surface area contributed by atoms with E-state index in [0.29, 0.717) is 0 Å². The number of aliphatic hydroxyl groups excluding tert-OH is 8. The van der Waals surface area contributed by atoms with Crippen molar-refractivity contribution in [2.45, 2.75) is 60.4 Å². The lowest BCUT2D eigenvalue weighted by atomic mass is 9.80. The van der Waals surface area contributed by atoms with E-state index < -0.39 is 73.6 Å². The molecule has 2 aliphatic heterocycles. The van der Waals surface area contributed by atoms with Crippen molar-refractivity contribution in [3.8, 4) is 0 Å². The predicted molar refractivity (Wildman–Crippen MR) is 69.9 cm³/mol. The molecule has 10 atom stereocenters. The zero-order valence-electron chi connectivity index (χ0n) is 12.3. The first kappa shape index (κ1) is 19.8. The predicted octanol–water partition coefficient (Wildman–Crippen LogP) is -6.69. The average molecular weight is 358 g/mol. The maximum Gasteiger partial charge on any atom is 0.254 e. The quantitative estimate of drug-likeness (QED) is 0.227. The van der Waals surface area contributed by atoms with Gasteiger partial charge in [-0.2, -0.15) is 0 Å². The molecule has 0 aliphatic carbocycles. The highest BCUT2D eigenvalue weighted by atomic mass is 16.7. The molecular formula is C12H22O12. The molecule has 0 aromatic heterocycles. The lowest BCUT2D eigenvalue weighted by Crippen LogP contribution is -2.81. The van der Waals surface area contributed by atoms with Gasteiger partial charge in [0, 0.05) is 0 Å². The molecule has 12 heteroatoms. The maximum atomic E-state index is 10.5. The van der Waals surface area contributed by atoms with Gasteiger partial charge in [0.1, 0.15) is 48.8 Å². The van der Waals surface area contributed by atoms with Gasteiger partial charge in [-0.1, -0.05) is 0 Å². The molecule has 0 bridgehead atoms. The topological polar surface area (TPSA) is 221 Å². The van der Waals surface area contributed by atoms with Gasteiger partial charge in [0.15, 0.2) is 0 Å². The maximum absolute atomic E-state index is 10.5. The summed E-state index contributed by atoms with van der Waals surface area (Å²) in [5.74, 6) is -6.65. The highest BCUT2D eigenvalue weighted by molar-refractivity contribution is 5.09. The van der Waals surface area contributed by atoms with Crippen molar-refractivity contribution >= 4 is 0 Å². The van der Waals surface area contributed by atoms with Crippen LogP contribution in [-0.2, 0) is 9.47 Å². The van der Waals surface area contributed by atoms with Gasteiger partial charge in [0.25, 0.3) is 11.6 Å². The highest BCUT2D eigenvalue weighted by Gasteiger charge is 2.71. The molecule has 0 amide bonds. The van der Waals surface area contributed by atoms with Gasteiger partial charge >= 0.3 is 0 Å². The van der Waals surface area contributed by atoms with E-state index in [9.17, 15) is 40.9 Å². The molecule has 0 aromatic rings. The second-order valence-corrected chi connectivity index (χ2v) is 5.92. The van der Waals surface area contributed by atoms with E-state index >= 15 is 0 Å². The normalized spacial score (nSPS) is 56.2. The van der Waals surface area contributed by atoms with Crippen LogP contribution in [0.2, 0.25) is 0 Å². The van der Waals surface area contributed by atoms with Crippen LogP contribution < -0.4 is 0 Å². The second-order valence-electron chi connectivity index (χ2n) is 5.92. The largest absolute Gasteiger partial charge is 0.394 e. The molecule has 12 nitrogen and oxygen atoms in total. The smallest absolute Gasteiger partial charge is 0.254 e. The van der Waals surface area contributed by atoms with Crippen LogP contribution in [0, 0.1) is 0 Å². The van der Waals surface area contributed by atoms with Crippen molar-refractivity contribution in [1.29, 1.82) is 0 Å². The fraction of sp³-hybridized carbons (Fsp3) is 1.00. The number of hydrogen-bond donors (Lipinski definition) is 10. The van der Waals surface area contributed by atoms with Crippen molar-refractivity contribution < 1.29 is 60.5 Å². The zero-order valence-corrected chi connectivity index (χ0v) is 12.3. The summed E-state index contributed by atoms with van der Waals surface area (Å²) < 4.78 is 9.69. The van der Waals surface area contributed by atoms with Crippen LogP contribution in [0.1, 0.15) is 0 Å². The van der Waals surface area contributed by atoms with Gasteiger partial charge in [0.05, 0.1) is 13.2 Å². The van der Waals surface area contributed by atoms with Crippen LogP contribution in [0.3, 0.4) is 0 Å². The highest BCUT2D eigenvalue weighted by Crippen LogP contribution is 2.43. The van der Waals surface area contributed by atoms with Crippen LogP contribution >= 0.6 is 0 Å². The molecule has 2 rings (SSSR count). The van der Waals surface area contributed by atoms with Crippen molar-refractivity contribution in [2.24, 2.45) is 0 Å². The number of rotatable bonds is 3. The van der Waals surface area contributed by atoms with E-state index in [1.54, 1.807) is 0 Å². The fourth-order valence-electron chi connectivity index (χ4n) is 2.90.